The number of carbonyl (C=O) groups excluding carboxylic acids is 1. The molecule has 0 aliphatic carbocycles. The molecule has 0 bridgehead atoms. The molecule has 0 spiro atoms. The van der Waals surface area contributed by atoms with Gasteiger partial charge >= 0.3 is 0 Å². The van der Waals surface area contributed by atoms with Gasteiger partial charge in [0.2, 0.25) is 10.0 Å². The quantitative estimate of drug-likeness (QED) is 0.455. The van der Waals surface area contributed by atoms with Crippen molar-refractivity contribution in [2.24, 2.45) is 0 Å². The van der Waals surface area contributed by atoms with Crippen LogP contribution in [0, 0.1) is 0 Å². The zero-order valence-electron chi connectivity index (χ0n) is 16.3. The first-order valence-corrected chi connectivity index (χ1v) is 12.7. The van der Waals surface area contributed by atoms with Crippen molar-refractivity contribution in [2.75, 3.05) is 26.2 Å². The van der Waals surface area contributed by atoms with E-state index in [0.717, 1.165) is 22.9 Å². The number of sulfonamides is 1. The number of amides is 1. The largest absolute Gasteiger partial charge is 0.335 e. The molecule has 1 aliphatic rings. The van der Waals surface area contributed by atoms with Crippen LogP contribution >= 0.6 is 23.1 Å². The van der Waals surface area contributed by atoms with Crippen LogP contribution in [0.25, 0.3) is 22.2 Å². The number of aromatic nitrogens is 2. The van der Waals surface area contributed by atoms with Crippen LogP contribution in [-0.2, 0) is 10.0 Å². The predicted molar refractivity (Wildman–Crippen MR) is 122 cm³/mol. The molecule has 1 aliphatic heterocycles. The number of rotatable bonds is 4. The Morgan fingerprint density at radius 2 is 1.68 bits per heavy atom. The highest BCUT2D eigenvalue weighted by Crippen LogP contribution is 2.30. The maximum atomic E-state index is 13.2. The SMILES string of the molecule is O=C(c1sccc1-c1ccccc1)N1CCN(S(=O)(=O)c2cccc3nsnc23)CC1. The summed E-state index contributed by atoms with van der Waals surface area (Å²) in [6.07, 6.45) is 0. The number of piperazine rings is 1. The number of carbonyl (C=O) groups is 1. The van der Waals surface area contributed by atoms with Gasteiger partial charge in [-0.2, -0.15) is 13.1 Å². The predicted octanol–water partition coefficient (Wildman–Crippen LogP) is 3.57. The lowest BCUT2D eigenvalue weighted by Gasteiger charge is -2.34. The van der Waals surface area contributed by atoms with Crippen molar-refractivity contribution in [2.45, 2.75) is 4.90 Å². The Hall–Kier alpha value is -2.66. The molecule has 1 fully saturated rings. The van der Waals surface area contributed by atoms with Gasteiger partial charge in [0.15, 0.2) is 0 Å². The zero-order valence-corrected chi connectivity index (χ0v) is 18.8. The van der Waals surface area contributed by atoms with Gasteiger partial charge in [-0.25, -0.2) is 8.42 Å². The Kier molecular flexibility index (Phi) is 5.30. The molecule has 1 saturated heterocycles. The maximum absolute atomic E-state index is 13.2. The summed E-state index contributed by atoms with van der Waals surface area (Å²) >= 11 is 2.41. The van der Waals surface area contributed by atoms with Crippen molar-refractivity contribution in [3.8, 4) is 11.1 Å². The summed E-state index contributed by atoms with van der Waals surface area (Å²) in [6, 6.07) is 16.8. The summed E-state index contributed by atoms with van der Waals surface area (Å²) in [5.74, 6) is -0.0586. The lowest BCUT2D eigenvalue weighted by molar-refractivity contribution is 0.0703. The number of fused-ring (bicyclic) bond motifs is 1. The standard InChI is InChI=1S/C21H18N4O3S3/c26-21(20-16(9-14-29-20)15-5-2-1-3-6-15)24-10-12-25(13-11-24)31(27,28)18-8-4-7-17-19(18)23-30-22-17/h1-9,14H,10-13H2. The minimum Gasteiger partial charge on any atom is -0.335 e. The molecular formula is C21H18N4O3S3. The van der Waals surface area contributed by atoms with Crippen LogP contribution < -0.4 is 0 Å². The Morgan fingerprint density at radius 3 is 2.45 bits per heavy atom. The highest BCUT2D eigenvalue weighted by atomic mass is 32.2. The first kappa shape index (κ1) is 20.3. The Balaban J connectivity index is 1.34. The second-order valence-electron chi connectivity index (χ2n) is 7.11. The second kappa shape index (κ2) is 8.12. The van der Waals surface area contributed by atoms with E-state index in [1.165, 1.54) is 15.6 Å². The topological polar surface area (TPSA) is 83.5 Å². The third-order valence-corrected chi connectivity index (χ3v) is 8.71. The van der Waals surface area contributed by atoms with Gasteiger partial charge in [-0.3, -0.25) is 4.79 Å². The van der Waals surface area contributed by atoms with Gasteiger partial charge in [0, 0.05) is 31.7 Å². The van der Waals surface area contributed by atoms with Crippen molar-refractivity contribution in [3.63, 3.8) is 0 Å². The molecule has 10 heteroatoms. The van der Waals surface area contributed by atoms with Gasteiger partial charge in [-0.15, -0.1) is 11.3 Å². The minimum atomic E-state index is -3.71. The van der Waals surface area contributed by atoms with E-state index in [1.54, 1.807) is 23.1 Å². The average molecular weight is 471 g/mol. The van der Waals surface area contributed by atoms with E-state index in [2.05, 4.69) is 8.75 Å². The van der Waals surface area contributed by atoms with Gasteiger partial charge in [-0.05, 0) is 29.1 Å². The third kappa shape index (κ3) is 3.65. The fourth-order valence-electron chi connectivity index (χ4n) is 3.72. The molecule has 158 valence electrons. The smallest absolute Gasteiger partial charge is 0.264 e. The van der Waals surface area contributed by atoms with Gasteiger partial charge in [0.1, 0.15) is 15.9 Å². The lowest BCUT2D eigenvalue weighted by Crippen LogP contribution is -2.50. The number of hydrogen-bond acceptors (Lipinski definition) is 7. The van der Waals surface area contributed by atoms with Gasteiger partial charge < -0.3 is 4.90 Å². The van der Waals surface area contributed by atoms with Crippen LogP contribution in [0.2, 0.25) is 0 Å². The van der Waals surface area contributed by atoms with Crippen molar-refractivity contribution in [1.82, 2.24) is 18.0 Å². The summed E-state index contributed by atoms with van der Waals surface area (Å²) < 4.78 is 36.1. The fourth-order valence-corrected chi connectivity index (χ4v) is 6.78. The average Bonchev–Trinajstić information content (AvgIpc) is 3.48. The second-order valence-corrected chi connectivity index (χ2v) is 10.5. The monoisotopic (exact) mass is 470 g/mol. The van der Waals surface area contributed by atoms with Crippen LogP contribution in [0.1, 0.15) is 9.67 Å². The summed E-state index contributed by atoms with van der Waals surface area (Å²) in [6.45, 7) is 1.17. The zero-order chi connectivity index (χ0) is 21.4. The van der Waals surface area contributed by atoms with E-state index in [-0.39, 0.29) is 23.9 Å². The fraction of sp³-hybridized carbons (Fsp3) is 0.190. The van der Waals surface area contributed by atoms with Crippen molar-refractivity contribution in [3.05, 3.63) is 64.9 Å². The summed E-state index contributed by atoms with van der Waals surface area (Å²) in [5, 5.41) is 1.92. The van der Waals surface area contributed by atoms with Crippen LogP contribution in [0.4, 0.5) is 0 Å². The van der Waals surface area contributed by atoms with Gasteiger partial charge in [0.25, 0.3) is 5.91 Å². The molecule has 0 atom stereocenters. The lowest BCUT2D eigenvalue weighted by atomic mass is 10.1. The molecule has 4 aromatic rings. The van der Waals surface area contributed by atoms with Crippen molar-refractivity contribution in [1.29, 1.82) is 0 Å². The maximum Gasteiger partial charge on any atom is 0.264 e. The Morgan fingerprint density at radius 1 is 0.903 bits per heavy atom. The highest BCUT2D eigenvalue weighted by molar-refractivity contribution is 7.89. The van der Waals surface area contributed by atoms with E-state index < -0.39 is 10.0 Å². The molecule has 2 aromatic carbocycles. The normalized spacial score (nSPS) is 15.4. The molecule has 5 rings (SSSR count). The molecule has 7 nitrogen and oxygen atoms in total. The molecule has 2 aromatic heterocycles. The van der Waals surface area contributed by atoms with E-state index in [9.17, 15) is 13.2 Å². The molecule has 0 N–H and O–H groups in total. The van der Waals surface area contributed by atoms with Crippen LogP contribution in [-0.4, -0.2) is 58.5 Å². The van der Waals surface area contributed by atoms with Crippen LogP contribution in [0.5, 0.6) is 0 Å². The minimum absolute atomic E-state index is 0.0586. The molecular weight excluding hydrogens is 452 g/mol. The summed E-state index contributed by atoms with van der Waals surface area (Å²) in [7, 11) is -3.71. The first-order chi connectivity index (χ1) is 15.1. The summed E-state index contributed by atoms with van der Waals surface area (Å²) in [4.78, 5) is 15.8. The molecule has 1 amide bonds. The molecule has 0 unspecified atom stereocenters. The van der Waals surface area contributed by atoms with E-state index >= 15 is 0 Å². The third-order valence-electron chi connectivity index (χ3n) is 5.34. The van der Waals surface area contributed by atoms with Crippen molar-refractivity contribution < 1.29 is 13.2 Å². The number of hydrogen-bond donors (Lipinski definition) is 0. The van der Waals surface area contributed by atoms with Gasteiger partial charge in [-0.1, -0.05) is 36.4 Å². The van der Waals surface area contributed by atoms with E-state index in [1.807, 2.05) is 41.8 Å². The van der Waals surface area contributed by atoms with Crippen LogP contribution in [0.15, 0.2) is 64.9 Å². The molecule has 0 radical (unpaired) electrons. The Labute approximate surface area is 187 Å². The molecule has 0 saturated carbocycles. The van der Waals surface area contributed by atoms with Crippen LogP contribution in [0.3, 0.4) is 0 Å². The highest BCUT2D eigenvalue weighted by Gasteiger charge is 2.33. The van der Waals surface area contributed by atoms with Gasteiger partial charge in [0.05, 0.1) is 16.6 Å². The number of nitrogens with zero attached hydrogens (tertiary/aromatic N) is 4. The first-order valence-electron chi connectivity index (χ1n) is 9.69. The summed E-state index contributed by atoms with van der Waals surface area (Å²) in [5.41, 5.74) is 2.88. The Bertz CT molecular complexity index is 1340. The van der Waals surface area contributed by atoms with E-state index in [0.29, 0.717) is 29.0 Å². The molecule has 3 heterocycles. The van der Waals surface area contributed by atoms with E-state index in [4.69, 9.17) is 0 Å². The van der Waals surface area contributed by atoms with Crippen molar-refractivity contribution >= 4 is 50.0 Å². The number of benzene rings is 2. The number of thiophene rings is 1. The molecule has 31 heavy (non-hydrogen) atoms.